The Balaban J connectivity index is 1.77. The Morgan fingerprint density at radius 1 is 1.03 bits per heavy atom. The minimum atomic E-state index is -1.33. The zero-order valence-electron chi connectivity index (χ0n) is 19.8. The van der Waals surface area contributed by atoms with E-state index in [1.54, 1.807) is 13.8 Å². The zero-order valence-corrected chi connectivity index (χ0v) is 19.8. The van der Waals surface area contributed by atoms with Crippen LogP contribution in [0.1, 0.15) is 37.0 Å². The second-order valence-corrected chi connectivity index (χ2v) is 8.47. The van der Waals surface area contributed by atoms with Gasteiger partial charge in [0.15, 0.2) is 0 Å². The molecule has 3 rings (SSSR count). The molecule has 0 radical (unpaired) electrons. The fourth-order valence-electron chi connectivity index (χ4n) is 4.05. The van der Waals surface area contributed by atoms with Gasteiger partial charge in [0.1, 0.15) is 18.7 Å². The highest BCUT2D eigenvalue weighted by Crippen LogP contribution is 2.25. The number of rotatable bonds is 9. The Morgan fingerprint density at radius 2 is 1.69 bits per heavy atom. The summed E-state index contributed by atoms with van der Waals surface area (Å²) in [5.74, 6) is -3.16. The number of benzene rings is 2. The van der Waals surface area contributed by atoms with Crippen LogP contribution in [0.2, 0.25) is 0 Å². The van der Waals surface area contributed by atoms with Gasteiger partial charge in [-0.05, 0) is 29.5 Å². The second-order valence-electron chi connectivity index (χ2n) is 8.47. The van der Waals surface area contributed by atoms with E-state index in [2.05, 4.69) is 5.32 Å². The maximum absolute atomic E-state index is 13.3. The van der Waals surface area contributed by atoms with Gasteiger partial charge in [-0.25, -0.2) is 9.59 Å². The summed E-state index contributed by atoms with van der Waals surface area (Å²) >= 11 is 0. The molecule has 9 heteroatoms. The average Bonchev–Trinajstić information content (AvgIpc) is 2.85. The molecule has 0 fully saturated rings. The van der Waals surface area contributed by atoms with Crippen LogP contribution in [0.4, 0.5) is 4.79 Å². The van der Waals surface area contributed by atoms with Crippen molar-refractivity contribution in [2.45, 2.75) is 51.9 Å². The van der Waals surface area contributed by atoms with Crippen LogP contribution in [0.25, 0.3) is 0 Å². The molecule has 0 spiro atoms. The molecule has 1 heterocycles. The Bertz CT molecular complexity index is 1060. The molecule has 0 bridgehead atoms. The molecule has 1 aliphatic heterocycles. The number of fused-ring (bicyclic) bond motifs is 1. The summed E-state index contributed by atoms with van der Waals surface area (Å²) in [5.41, 5.74) is 2.59. The minimum absolute atomic E-state index is 0.0421. The molecule has 0 unspecified atom stereocenters. The molecule has 2 N–H and O–H groups in total. The first-order valence-electron chi connectivity index (χ1n) is 11.5. The Kier molecular flexibility index (Phi) is 8.83. The van der Waals surface area contributed by atoms with E-state index < -0.39 is 41.9 Å². The molecular weight excluding hydrogens is 452 g/mol. The largest absolute Gasteiger partial charge is 0.480 e. The number of carboxylic acids is 1. The maximum Gasteiger partial charge on any atom is 0.411 e. The highest BCUT2D eigenvalue weighted by molar-refractivity contribution is 5.90. The lowest BCUT2D eigenvalue weighted by Gasteiger charge is -2.36. The lowest BCUT2D eigenvalue weighted by molar-refractivity contribution is -0.147. The van der Waals surface area contributed by atoms with Gasteiger partial charge in [-0.2, -0.15) is 0 Å². The zero-order chi connectivity index (χ0) is 25.4. The number of carbonyl (C=O) groups excluding carboxylic acids is 3. The number of nitrogens with one attached hydrogen (secondary N) is 1. The smallest absolute Gasteiger partial charge is 0.411 e. The van der Waals surface area contributed by atoms with E-state index in [1.165, 1.54) is 4.90 Å². The van der Waals surface area contributed by atoms with Crippen molar-refractivity contribution in [3.8, 4) is 0 Å². The summed E-state index contributed by atoms with van der Waals surface area (Å²) in [7, 11) is 0. The van der Waals surface area contributed by atoms with Crippen LogP contribution >= 0.6 is 0 Å². The standard InChI is InChI=1S/C26H30N2O7/c1-3-34-22(29)13-17(2)23(25(31)32)27-24(30)21-14-19-11-7-8-12-20(19)15-28(21)26(33)35-16-18-9-5-4-6-10-18/h4-12,17,21,23H,3,13-16H2,1-2H3,(H,27,30)(H,31,32)/t17-,21+,23+/m1/s1. The molecule has 0 saturated carbocycles. The number of esters is 1. The van der Waals surface area contributed by atoms with Crippen LogP contribution in [0.3, 0.4) is 0 Å². The molecule has 2 amide bonds. The minimum Gasteiger partial charge on any atom is -0.480 e. The van der Waals surface area contributed by atoms with Crippen LogP contribution in [0.5, 0.6) is 0 Å². The van der Waals surface area contributed by atoms with Gasteiger partial charge in [-0.1, -0.05) is 61.5 Å². The van der Waals surface area contributed by atoms with Gasteiger partial charge in [0.25, 0.3) is 0 Å². The highest BCUT2D eigenvalue weighted by Gasteiger charge is 2.38. The van der Waals surface area contributed by atoms with E-state index >= 15 is 0 Å². The van der Waals surface area contributed by atoms with Crippen molar-refractivity contribution in [1.82, 2.24) is 10.2 Å². The van der Waals surface area contributed by atoms with Crippen LogP contribution < -0.4 is 5.32 Å². The lowest BCUT2D eigenvalue weighted by atomic mass is 9.92. The lowest BCUT2D eigenvalue weighted by Crippen LogP contribution is -2.56. The fraction of sp³-hybridized carbons (Fsp3) is 0.385. The summed E-state index contributed by atoms with van der Waals surface area (Å²) in [6.07, 6.45) is -0.627. The first-order chi connectivity index (χ1) is 16.8. The summed E-state index contributed by atoms with van der Waals surface area (Å²) in [6.45, 7) is 3.58. The third kappa shape index (κ3) is 6.81. The highest BCUT2D eigenvalue weighted by atomic mass is 16.6. The van der Waals surface area contributed by atoms with E-state index in [0.29, 0.717) is 0 Å². The number of hydrogen-bond acceptors (Lipinski definition) is 6. The van der Waals surface area contributed by atoms with Crippen molar-refractivity contribution in [3.63, 3.8) is 0 Å². The van der Waals surface area contributed by atoms with Crippen molar-refractivity contribution in [2.24, 2.45) is 5.92 Å². The number of carbonyl (C=O) groups is 4. The quantitative estimate of drug-likeness (QED) is 0.527. The molecule has 9 nitrogen and oxygen atoms in total. The Morgan fingerprint density at radius 3 is 2.34 bits per heavy atom. The van der Waals surface area contributed by atoms with Crippen LogP contribution in [0.15, 0.2) is 54.6 Å². The normalized spacial score (nSPS) is 16.4. The average molecular weight is 483 g/mol. The molecule has 3 atom stereocenters. The van der Waals surface area contributed by atoms with Gasteiger partial charge in [0, 0.05) is 6.42 Å². The van der Waals surface area contributed by atoms with Crippen molar-refractivity contribution < 1.29 is 33.8 Å². The van der Waals surface area contributed by atoms with Gasteiger partial charge < -0.3 is 19.9 Å². The first-order valence-corrected chi connectivity index (χ1v) is 11.5. The molecule has 0 saturated heterocycles. The van der Waals surface area contributed by atoms with Gasteiger partial charge in [0.05, 0.1) is 19.6 Å². The second kappa shape index (κ2) is 12.0. The Hall–Kier alpha value is -3.88. The third-order valence-corrected chi connectivity index (χ3v) is 5.92. The van der Waals surface area contributed by atoms with Crippen molar-refractivity contribution in [3.05, 3.63) is 71.3 Å². The van der Waals surface area contributed by atoms with E-state index in [-0.39, 0.29) is 32.6 Å². The fourth-order valence-corrected chi connectivity index (χ4v) is 4.05. The SMILES string of the molecule is CCOC(=O)C[C@@H](C)[C@H](NC(=O)[C@@H]1Cc2ccccc2CN1C(=O)OCc1ccccc1)C(=O)O. The number of amides is 2. The summed E-state index contributed by atoms with van der Waals surface area (Å²) in [6, 6.07) is 14.3. The molecule has 2 aromatic carbocycles. The maximum atomic E-state index is 13.3. The topological polar surface area (TPSA) is 122 Å². The van der Waals surface area contributed by atoms with Gasteiger partial charge in [-0.3, -0.25) is 14.5 Å². The summed E-state index contributed by atoms with van der Waals surface area (Å²) in [5, 5.41) is 12.2. The number of nitrogens with zero attached hydrogens (tertiary/aromatic N) is 1. The van der Waals surface area contributed by atoms with Gasteiger partial charge >= 0.3 is 18.0 Å². The summed E-state index contributed by atoms with van der Waals surface area (Å²) in [4.78, 5) is 51.4. The van der Waals surface area contributed by atoms with E-state index in [0.717, 1.165) is 16.7 Å². The first kappa shape index (κ1) is 25.7. The predicted molar refractivity (Wildman–Crippen MR) is 126 cm³/mol. The number of ether oxygens (including phenoxy) is 2. The van der Waals surface area contributed by atoms with Gasteiger partial charge in [-0.15, -0.1) is 0 Å². The number of carboxylic acid groups (broad SMARTS) is 1. The van der Waals surface area contributed by atoms with Crippen LogP contribution in [0, 0.1) is 5.92 Å². The molecule has 186 valence electrons. The monoisotopic (exact) mass is 482 g/mol. The Labute approximate surface area is 204 Å². The molecular formula is C26H30N2O7. The molecule has 35 heavy (non-hydrogen) atoms. The van der Waals surface area contributed by atoms with Crippen molar-refractivity contribution >= 4 is 23.9 Å². The van der Waals surface area contributed by atoms with E-state index in [9.17, 15) is 24.3 Å². The molecule has 2 aromatic rings. The molecule has 0 aliphatic carbocycles. The van der Waals surface area contributed by atoms with Gasteiger partial charge in [0.2, 0.25) is 5.91 Å². The number of aliphatic carboxylic acids is 1. The van der Waals surface area contributed by atoms with Crippen LogP contribution in [-0.2, 0) is 43.4 Å². The molecule has 0 aromatic heterocycles. The summed E-state index contributed by atoms with van der Waals surface area (Å²) < 4.78 is 10.4. The van der Waals surface area contributed by atoms with Crippen molar-refractivity contribution in [1.29, 1.82) is 0 Å². The number of hydrogen-bond donors (Lipinski definition) is 2. The molecule has 1 aliphatic rings. The van der Waals surface area contributed by atoms with Crippen molar-refractivity contribution in [2.75, 3.05) is 6.61 Å². The third-order valence-electron chi connectivity index (χ3n) is 5.92. The van der Waals surface area contributed by atoms with E-state index in [4.69, 9.17) is 9.47 Å². The predicted octanol–water partition coefficient (Wildman–Crippen LogP) is 2.91. The van der Waals surface area contributed by atoms with Crippen LogP contribution in [-0.4, -0.2) is 52.6 Å². The van der Waals surface area contributed by atoms with E-state index in [1.807, 2.05) is 54.6 Å².